The number of hydrogen-bond acceptors (Lipinski definition) is 4. The highest BCUT2D eigenvalue weighted by molar-refractivity contribution is 7.90. The van der Waals surface area contributed by atoms with E-state index in [9.17, 15) is 16.8 Å². The standard InChI is InChI=1S/C10H21N3O4S2/c1-11(2)19(16,17)13-7-3-6-12(8-9-13)18(14,15)10-4-5-10/h10H,3-9H2,1-2H3. The van der Waals surface area contributed by atoms with Gasteiger partial charge >= 0.3 is 0 Å². The number of hydrogen-bond donors (Lipinski definition) is 0. The van der Waals surface area contributed by atoms with Crippen LogP contribution in [0.3, 0.4) is 0 Å². The van der Waals surface area contributed by atoms with Crippen LogP contribution >= 0.6 is 0 Å². The topological polar surface area (TPSA) is 78.0 Å². The van der Waals surface area contributed by atoms with Gasteiger partial charge in [0.2, 0.25) is 10.0 Å². The lowest BCUT2D eigenvalue weighted by molar-refractivity contribution is 0.378. The molecule has 1 saturated heterocycles. The van der Waals surface area contributed by atoms with Crippen LogP contribution < -0.4 is 0 Å². The highest BCUT2D eigenvalue weighted by Gasteiger charge is 2.41. The predicted octanol–water partition coefficient (Wildman–Crippen LogP) is -0.707. The number of sulfonamides is 1. The lowest BCUT2D eigenvalue weighted by Gasteiger charge is -2.24. The lowest BCUT2D eigenvalue weighted by atomic mass is 10.4. The third-order valence-corrected chi connectivity index (χ3v) is 7.85. The quantitative estimate of drug-likeness (QED) is 0.687. The van der Waals surface area contributed by atoms with E-state index < -0.39 is 20.2 Å². The Balaban J connectivity index is 2.07. The first-order valence-electron chi connectivity index (χ1n) is 6.43. The monoisotopic (exact) mass is 311 g/mol. The highest BCUT2D eigenvalue weighted by Crippen LogP contribution is 2.31. The zero-order valence-electron chi connectivity index (χ0n) is 11.3. The van der Waals surface area contributed by atoms with Gasteiger partial charge in [-0.05, 0) is 19.3 Å². The van der Waals surface area contributed by atoms with Gasteiger partial charge in [-0.3, -0.25) is 0 Å². The normalized spacial score (nSPS) is 24.6. The summed E-state index contributed by atoms with van der Waals surface area (Å²) in [6, 6.07) is 0. The minimum Gasteiger partial charge on any atom is -0.212 e. The van der Waals surface area contributed by atoms with Crippen LogP contribution in [0.25, 0.3) is 0 Å². The van der Waals surface area contributed by atoms with Gasteiger partial charge in [-0.1, -0.05) is 0 Å². The average molecular weight is 311 g/mol. The van der Waals surface area contributed by atoms with Gasteiger partial charge in [0.15, 0.2) is 0 Å². The van der Waals surface area contributed by atoms with Gasteiger partial charge in [-0.15, -0.1) is 0 Å². The molecule has 1 aliphatic carbocycles. The molecule has 7 nitrogen and oxygen atoms in total. The van der Waals surface area contributed by atoms with Gasteiger partial charge in [-0.2, -0.15) is 17.0 Å². The molecule has 0 atom stereocenters. The van der Waals surface area contributed by atoms with Crippen LogP contribution in [0.4, 0.5) is 0 Å². The highest BCUT2D eigenvalue weighted by atomic mass is 32.2. The Kier molecular flexibility index (Phi) is 4.22. The van der Waals surface area contributed by atoms with Crippen molar-refractivity contribution in [1.29, 1.82) is 0 Å². The molecule has 0 aromatic heterocycles. The summed E-state index contributed by atoms with van der Waals surface area (Å²) in [5.41, 5.74) is 0. The maximum atomic E-state index is 12.1. The van der Waals surface area contributed by atoms with E-state index in [1.165, 1.54) is 22.7 Å². The molecule has 0 N–H and O–H groups in total. The third-order valence-electron chi connectivity index (χ3n) is 3.51. The first-order valence-corrected chi connectivity index (χ1v) is 9.33. The molecule has 0 aromatic carbocycles. The van der Waals surface area contributed by atoms with E-state index in [2.05, 4.69) is 0 Å². The molecule has 2 fully saturated rings. The smallest absolute Gasteiger partial charge is 0.212 e. The van der Waals surface area contributed by atoms with Crippen molar-refractivity contribution in [2.24, 2.45) is 0 Å². The fourth-order valence-corrected chi connectivity index (χ4v) is 5.17. The molecule has 2 rings (SSSR count). The zero-order chi connectivity index (χ0) is 14.3. The van der Waals surface area contributed by atoms with Crippen LogP contribution in [-0.2, 0) is 20.2 Å². The Hall–Kier alpha value is -0.220. The van der Waals surface area contributed by atoms with Crippen molar-refractivity contribution in [3.63, 3.8) is 0 Å². The van der Waals surface area contributed by atoms with Crippen molar-refractivity contribution in [3.8, 4) is 0 Å². The number of rotatable bonds is 4. The van der Waals surface area contributed by atoms with E-state index in [1.807, 2.05) is 0 Å². The maximum Gasteiger partial charge on any atom is 0.281 e. The van der Waals surface area contributed by atoms with E-state index >= 15 is 0 Å². The average Bonchev–Trinajstić information content (AvgIpc) is 3.15. The van der Waals surface area contributed by atoms with Gasteiger partial charge in [0.25, 0.3) is 10.2 Å². The molecule has 2 aliphatic rings. The molecular formula is C10H21N3O4S2. The first kappa shape index (κ1) is 15.2. The summed E-state index contributed by atoms with van der Waals surface area (Å²) < 4.78 is 52.3. The molecule has 0 radical (unpaired) electrons. The summed E-state index contributed by atoms with van der Waals surface area (Å²) in [5, 5.41) is -0.232. The summed E-state index contributed by atoms with van der Waals surface area (Å²) in [5.74, 6) is 0. The van der Waals surface area contributed by atoms with Gasteiger partial charge in [-0.25, -0.2) is 12.7 Å². The van der Waals surface area contributed by atoms with Gasteiger partial charge in [0.05, 0.1) is 5.25 Å². The fraction of sp³-hybridized carbons (Fsp3) is 1.00. The predicted molar refractivity (Wildman–Crippen MR) is 72.3 cm³/mol. The molecule has 19 heavy (non-hydrogen) atoms. The minimum atomic E-state index is -3.45. The summed E-state index contributed by atoms with van der Waals surface area (Å²) in [6.07, 6.45) is 2.01. The molecule has 112 valence electrons. The summed E-state index contributed by atoms with van der Waals surface area (Å²) >= 11 is 0. The zero-order valence-corrected chi connectivity index (χ0v) is 13.0. The van der Waals surface area contributed by atoms with E-state index in [1.54, 1.807) is 0 Å². The Labute approximate surface area is 115 Å². The Morgan fingerprint density at radius 1 is 0.895 bits per heavy atom. The van der Waals surface area contributed by atoms with E-state index in [4.69, 9.17) is 0 Å². The minimum absolute atomic E-state index is 0.229. The van der Waals surface area contributed by atoms with Gasteiger partial charge in [0.1, 0.15) is 0 Å². The molecule has 0 bridgehead atoms. The van der Waals surface area contributed by atoms with Gasteiger partial charge in [0, 0.05) is 40.3 Å². The van der Waals surface area contributed by atoms with Crippen molar-refractivity contribution in [2.45, 2.75) is 24.5 Å². The van der Waals surface area contributed by atoms with Crippen LogP contribution in [0, 0.1) is 0 Å². The van der Waals surface area contributed by atoms with Crippen molar-refractivity contribution in [1.82, 2.24) is 12.9 Å². The Morgan fingerprint density at radius 3 is 1.95 bits per heavy atom. The SMILES string of the molecule is CN(C)S(=O)(=O)N1CCCN(S(=O)(=O)C2CC2)CC1. The largest absolute Gasteiger partial charge is 0.281 e. The second-order valence-corrected chi connectivity index (χ2v) is 9.54. The lowest BCUT2D eigenvalue weighted by Crippen LogP contribution is -2.42. The van der Waals surface area contributed by atoms with Crippen molar-refractivity contribution in [2.75, 3.05) is 40.3 Å². The molecule has 0 spiro atoms. The number of nitrogens with zero attached hydrogens (tertiary/aromatic N) is 3. The third kappa shape index (κ3) is 3.10. The molecule has 0 amide bonds. The van der Waals surface area contributed by atoms with E-state index in [-0.39, 0.29) is 18.3 Å². The molecule has 0 aromatic rings. The second kappa shape index (κ2) is 5.28. The molecular weight excluding hydrogens is 290 g/mol. The summed E-state index contributed by atoms with van der Waals surface area (Å²) in [6.45, 7) is 1.27. The molecule has 0 unspecified atom stereocenters. The Bertz CT molecular complexity index is 485. The van der Waals surface area contributed by atoms with Crippen molar-refractivity contribution >= 4 is 20.2 Å². The molecule has 1 saturated carbocycles. The molecule has 1 heterocycles. The maximum absolute atomic E-state index is 12.1. The fourth-order valence-electron chi connectivity index (χ4n) is 2.16. The summed E-state index contributed by atoms with van der Waals surface area (Å²) in [4.78, 5) is 0. The van der Waals surface area contributed by atoms with Crippen LogP contribution in [0.1, 0.15) is 19.3 Å². The van der Waals surface area contributed by atoms with Crippen LogP contribution in [0.15, 0.2) is 0 Å². The van der Waals surface area contributed by atoms with Gasteiger partial charge < -0.3 is 0 Å². The molecule has 1 aliphatic heterocycles. The van der Waals surface area contributed by atoms with Crippen LogP contribution in [0.5, 0.6) is 0 Å². The van der Waals surface area contributed by atoms with Crippen LogP contribution in [0.2, 0.25) is 0 Å². The van der Waals surface area contributed by atoms with E-state index in [0.29, 0.717) is 19.5 Å². The Morgan fingerprint density at radius 2 is 1.42 bits per heavy atom. The van der Waals surface area contributed by atoms with Crippen LogP contribution in [-0.4, -0.2) is 75.3 Å². The van der Waals surface area contributed by atoms with E-state index in [0.717, 1.165) is 17.1 Å². The summed E-state index contributed by atoms with van der Waals surface area (Å²) in [7, 11) is -3.68. The van der Waals surface area contributed by atoms with Crippen molar-refractivity contribution in [3.05, 3.63) is 0 Å². The molecule has 9 heteroatoms. The first-order chi connectivity index (χ1) is 8.76. The van der Waals surface area contributed by atoms with Crippen molar-refractivity contribution < 1.29 is 16.8 Å². The second-order valence-electron chi connectivity index (χ2n) is 5.19.